The highest BCUT2D eigenvalue weighted by atomic mass is 28.2. The van der Waals surface area contributed by atoms with Crippen LogP contribution in [-0.2, 0) is 5.41 Å². The Morgan fingerprint density at radius 2 is 1.75 bits per heavy atom. The summed E-state index contributed by atoms with van der Waals surface area (Å²) in [4.78, 5) is 11.0. The van der Waals surface area contributed by atoms with Crippen molar-refractivity contribution in [2.75, 3.05) is 0 Å². The van der Waals surface area contributed by atoms with Gasteiger partial charge < -0.3 is 14.9 Å². The fraction of sp³-hybridized carbons (Fsp3) is 0.533. The fourth-order valence-corrected chi connectivity index (χ4v) is 2.12. The molecule has 0 unspecified atom stereocenters. The second-order valence-electron chi connectivity index (χ2n) is 6.78. The summed E-state index contributed by atoms with van der Waals surface area (Å²) in [6, 6.07) is 5.44. The van der Waals surface area contributed by atoms with Gasteiger partial charge in [0, 0.05) is 5.56 Å². The lowest BCUT2D eigenvalue weighted by Crippen LogP contribution is -2.21. The summed E-state index contributed by atoms with van der Waals surface area (Å²) >= 11 is 0. The normalized spacial score (nSPS) is 12.1. The van der Waals surface area contributed by atoms with Crippen LogP contribution in [0.1, 0.15) is 47.1 Å². The maximum Gasteiger partial charge on any atom is 0.409 e. The van der Waals surface area contributed by atoms with E-state index in [4.69, 9.17) is 14.9 Å². The third kappa shape index (κ3) is 5.25. The molecule has 0 spiro atoms. The number of hydrogen-bond donors (Lipinski definition) is 1. The van der Waals surface area contributed by atoms with Gasteiger partial charge in [0.25, 0.3) is 0 Å². The molecule has 110 valence electrons. The molecule has 0 aliphatic heterocycles. The summed E-state index contributed by atoms with van der Waals surface area (Å²) in [5, 5.41) is 0.115. The van der Waals surface area contributed by atoms with Gasteiger partial charge in [-0.1, -0.05) is 41.5 Å². The zero-order valence-corrected chi connectivity index (χ0v) is 14.0. The Balaban J connectivity index is 3.05. The predicted octanol–water partition coefficient (Wildman–Crippen LogP) is 3.66. The van der Waals surface area contributed by atoms with Crippen LogP contribution in [0.15, 0.2) is 18.2 Å². The summed E-state index contributed by atoms with van der Waals surface area (Å²) in [5.74, 6) is 1.26. The van der Waals surface area contributed by atoms with Crippen molar-refractivity contribution in [3.8, 4) is 11.5 Å². The second kappa shape index (κ2) is 5.87. The van der Waals surface area contributed by atoms with Gasteiger partial charge in [0.05, 0.1) is 0 Å². The minimum absolute atomic E-state index is 0.115. The Hall–Kier alpha value is -1.49. The molecule has 5 heteroatoms. The Labute approximate surface area is 123 Å². The van der Waals surface area contributed by atoms with Crippen molar-refractivity contribution in [1.29, 1.82) is 0 Å². The van der Waals surface area contributed by atoms with E-state index in [2.05, 4.69) is 20.8 Å². The van der Waals surface area contributed by atoms with Crippen molar-refractivity contribution in [2.45, 2.75) is 52.0 Å². The van der Waals surface area contributed by atoms with Gasteiger partial charge in [-0.15, -0.1) is 0 Å². The van der Waals surface area contributed by atoms with Gasteiger partial charge in [-0.05, 0) is 28.7 Å². The van der Waals surface area contributed by atoms with Gasteiger partial charge in [-0.2, -0.15) is 0 Å². The van der Waals surface area contributed by atoms with Crippen molar-refractivity contribution in [3.63, 3.8) is 0 Å². The van der Waals surface area contributed by atoms with Gasteiger partial charge in [0.15, 0.2) is 0 Å². The molecule has 1 aromatic rings. The topological polar surface area (TPSA) is 61.6 Å². The van der Waals surface area contributed by atoms with E-state index in [0.29, 0.717) is 15.5 Å². The average molecular weight is 293 g/mol. The summed E-state index contributed by atoms with van der Waals surface area (Å²) in [5.41, 5.74) is 5.82. The van der Waals surface area contributed by atoms with Crippen molar-refractivity contribution >= 4 is 15.9 Å². The van der Waals surface area contributed by atoms with Crippen LogP contribution in [0.3, 0.4) is 0 Å². The maximum absolute atomic E-state index is 11.0. The third-order valence-corrected chi connectivity index (χ3v) is 3.39. The molecular weight excluding hydrogens is 270 g/mol. The smallest absolute Gasteiger partial charge is 0.409 e. The van der Waals surface area contributed by atoms with Crippen molar-refractivity contribution in [1.82, 2.24) is 0 Å². The van der Waals surface area contributed by atoms with E-state index in [1.54, 1.807) is 12.1 Å². The van der Waals surface area contributed by atoms with Crippen LogP contribution >= 0.6 is 0 Å². The summed E-state index contributed by atoms with van der Waals surface area (Å²) in [7, 11) is 0.359. The van der Waals surface area contributed by atoms with Crippen LogP contribution < -0.4 is 14.9 Å². The van der Waals surface area contributed by atoms with Crippen LogP contribution in [0.2, 0.25) is 5.04 Å². The number of amides is 1. The lowest BCUT2D eigenvalue weighted by atomic mass is 9.86. The van der Waals surface area contributed by atoms with E-state index in [-0.39, 0.29) is 10.5 Å². The van der Waals surface area contributed by atoms with Crippen molar-refractivity contribution < 1.29 is 14.0 Å². The SMILES string of the molecule is CC(C)(C)[Si]Oc1ccc(OC(N)=O)c(C(C)(C)C)c1. The lowest BCUT2D eigenvalue weighted by molar-refractivity contribution is 0.210. The molecule has 1 rings (SSSR count). The molecule has 0 saturated heterocycles. The molecule has 0 saturated carbocycles. The van der Waals surface area contributed by atoms with Gasteiger partial charge in [-0.3, -0.25) is 0 Å². The first-order chi connectivity index (χ1) is 8.99. The Bertz CT molecular complexity index is 487. The molecule has 0 atom stereocenters. The van der Waals surface area contributed by atoms with E-state index in [0.717, 1.165) is 11.3 Å². The van der Waals surface area contributed by atoms with Crippen LogP contribution in [0.25, 0.3) is 0 Å². The average Bonchev–Trinajstić information content (AvgIpc) is 2.24. The summed E-state index contributed by atoms with van der Waals surface area (Å²) in [6.07, 6.45) is -0.805. The Morgan fingerprint density at radius 1 is 1.15 bits per heavy atom. The number of primary amides is 1. The monoisotopic (exact) mass is 293 g/mol. The highest BCUT2D eigenvalue weighted by Crippen LogP contribution is 2.35. The third-order valence-electron chi connectivity index (χ3n) is 2.44. The van der Waals surface area contributed by atoms with Gasteiger partial charge >= 0.3 is 15.9 Å². The van der Waals surface area contributed by atoms with Crippen LogP contribution in [0.4, 0.5) is 4.79 Å². The molecule has 0 aliphatic carbocycles. The Kier molecular flexibility index (Phi) is 4.86. The molecule has 20 heavy (non-hydrogen) atoms. The van der Waals surface area contributed by atoms with Crippen molar-refractivity contribution in [3.05, 3.63) is 23.8 Å². The molecule has 4 nitrogen and oxygen atoms in total. The maximum atomic E-state index is 11.0. The van der Waals surface area contributed by atoms with Crippen molar-refractivity contribution in [2.24, 2.45) is 5.73 Å². The molecule has 1 amide bonds. The van der Waals surface area contributed by atoms with Crippen LogP contribution in [0, 0.1) is 0 Å². The quantitative estimate of drug-likeness (QED) is 0.865. The highest BCUT2D eigenvalue weighted by molar-refractivity contribution is 6.32. The standard InChI is InChI=1S/C15H23NO3Si/c1-14(2,3)11-9-10(19-20-15(4,5)6)7-8-12(11)18-13(16)17/h7-9H,1-6H3,(H2,16,17). The van der Waals surface area contributed by atoms with Crippen LogP contribution in [0.5, 0.6) is 11.5 Å². The number of nitrogens with two attached hydrogens (primary N) is 1. The molecule has 2 radical (unpaired) electrons. The minimum atomic E-state index is -0.805. The number of ether oxygens (including phenoxy) is 1. The van der Waals surface area contributed by atoms with Crippen LogP contribution in [-0.4, -0.2) is 15.9 Å². The predicted molar refractivity (Wildman–Crippen MR) is 81.5 cm³/mol. The van der Waals surface area contributed by atoms with Gasteiger partial charge in [-0.25, -0.2) is 4.79 Å². The molecule has 0 aromatic heterocycles. The first-order valence-corrected chi connectivity index (χ1v) is 7.46. The first-order valence-electron chi connectivity index (χ1n) is 6.55. The number of carbonyl (C=O) groups excluding carboxylic acids is 1. The molecule has 0 bridgehead atoms. The first kappa shape index (κ1) is 16.6. The van der Waals surface area contributed by atoms with E-state index >= 15 is 0 Å². The molecule has 0 fully saturated rings. The van der Waals surface area contributed by atoms with Gasteiger partial charge in [0.2, 0.25) is 0 Å². The summed E-state index contributed by atoms with van der Waals surface area (Å²) in [6.45, 7) is 12.5. The zero-order valence-electron chi connectivity index (χ0n) is 13.0. The lowest BCUT2D eigenvalue weighted by Gasteiger charge is -2.23. The largest absolute Gasteiger partial charge is 0.540 e. The molecule has 2 N–H and O–H groups in total. The summed E-state index contributed by atoms with van der Waals surface area (Å²) < 4.78 is 10.9. The van der Waals surface area contributed by atoms with E-state index in [1.165, 1.54) is 0 Å². The molecule has 0 heterocycles. The van der Waals surface area contributed by atoms with E-state index < -0.39 is 6.09 Å². The highest BCUT2D eigenvalue weighted by Gasteiger charge is 2.22. The van der Waals surface area contributed by atoms with E-state index in [1.807, 2.05) is 26.8 Å². The molecular formula is C15H23NO3Si. The number of carbonyl (C=O) groups is 1. The Morgan fingerprint density at radius 3 is 2.20 bits per heavy atom. The fourth-order valence-electron chi connectivity index (χ4n) is 1.57. The molecule has 0 aliphatic rings. The zero-order chi connectivity index (χ0) is 15.6. The molecule has 1 aromatic carbocycles. The number of rotatable bonds is 3. The number of hydrogen-bond acceptors (Lipinski definition) is 3. The number of benzene rings is 1. The van der Waals surface area contributed by atoms with Gasteiger partial charge in [0.1, 0.15) is 11.5 Å². The second-order valence-corrected chi connectivity index (χ2v) is 8.69. The van der Waals surface area contributed by atoms with E-state index in [9.17, 15) is 4.79 Å². The minimum Gasteiger partial charge on any atom is -0.540 e.